The number of nitrogens with zero attached hydrogens (tertiary/aromatic N) is 3. The summed E-state index contributed by atoms with van der Waals surface area (Å²) in [7, 11) is 0. The van der Waals surface area contributed by atoms with Crippen LogP contribution in [0, 0.1) is 0 Å². The highest BCUT2D eigenvalue weighted by Crippen LogP contribution is 2.32. The lowest BCUT2D eigenvalue weighted by atomic mass is 10.0. The summed E-state index contributed by atoms with van der Waals surface area (Å²) >= 11 is 0. The Morgan fingerprint density at radius 2 is 1.81 bits per heavy atom. The zero-order valence-electron chi connectivity index (χ0n) is 14.1. The first-order valence-electron chi connectivity index (χ1n) is 8.35. The number of aromatic nitrogens is 3. The third-order valence-electron chi connectivity index (χ3n) is 4.39. The van der Waals surface area contributed by atoms with Crippen molar-refractivity contribution in [2.75, 3.05) is 0 Å². The van der Waals surface area contributed by atoms with Crippen LogP contribution in [0.15, 0.2) is 61.2 Å². The molecular weight excluding hydrogens is 357 g/mol. The van der Waals surface area contributed by atoms with E-state index in [0.29, 0.717) is 23.5 Å². The molecular formula is C18H17F3N6. The van der Waals surface area contributed by atoms with Gasteiger partial charge in [-0.1, -0.05) is 30.3 Å². The van der Waals surface area contributed by atoms with Crippen molar-refractivity contribution in [2.45, 2.75) is 24.8 Å². The van der Waals surface area contributed by atoms with Crippen molar-refractivity contribution in [3.05, 3.63) is 72.3 Å². The summed E-state index contributed by atoms with van der Waals surface area (Å²) in [6.45, 7) is 0.654. The standard InChI is InChI=1S/C18H17F3N6/c19-18(20,21)17-16(24-26-25-17)13-6-7-22-14(8-13)15-10-27(11-23-15)9-12-4-2-1-3-5-12/h1-8,10-11,16-17,24-26H,9H2. The predicted molar refractivity (Wildman–Crippen MR) is 93.0 cm³/mol. The maximum atomic E-state index is 13.2. The Bertz CT molecular complexity index is 909. The zero-order valence-corrected chi connectivity index (χ0v) is 14.1. The van der Waals surface area contributed by atoms with E-state index >= 15 is 0 Å². The number of nitrogens with one attached hydrogen (secondary N) is 3. The topological polar surface area (TPSA) is 66.8 Å². The molecule has 9 heteroatoms. The van der Waals surface area contributed by atoms with Crippen LogP contribution in [0.25, 0.3) is 11.4 Å². The van der Waals surface area contributed by atoms with Gasteiger partial charge >= 0.3 is 6.18 Å². The molecule has 2 atom stereocenters. The maximum absolute atomic E-state index is 13.2. The van der Waals surface area contributed by atoms with Gasteiger partial charge in [-0.05, 0) is 23.3 Å². The average molecular weight is 374 g/mol. The van der Waals surface area contributed by atoms with Gasteiger partial charge in [0.25, 0.3) is 0 Å². The average Bonchev–Trinajstić information content (AvgIpc) is 3.32. The summed E-state index contributed by atoms with van der Waals surface area (Å²) in [4.78, 5) is 8.61. The van der Waals surface area contributed by atoms with Gasteiger partial charge in [-0.2, -0.15) is 18.7 Å². The minimum absolute atomic E-state index is 0.470. The molecule has 1 aliphatic heterocycles. The van der Waals surface area contributed by atoms with E-state index in [9.17, 15) is 13.2 Å². The third kappa shape index (κ3) is 3.85. The number of hydrazine groups is 2. The molecule has 3 heterocycles. The number of benzene rings is 1. The largest absolute Gasteiger partial charge is 0.407 e. The fraction of sp³-hybridized carbons (Fsp3) is 0.222. The molecule has 27 heavy (non-hydrogen) atoms. The molecule has 0 saturated carbocycles. The van der Waals surface area contributed by atoms with Gasteiger partial charge in [-0.3, -0.25) is 4.98 Å². The van der Waals surface area contributed by atoms with Gasteiger partial charge in [0.15, 0.2) is 0 Å². The Balaban J connectivity index is 1.56. The van der Waals surface area contributed by atoms with Gasteiger partial charge in [0.05, 0.1) is 18.1 Å². The molecule has 3 aromatic rings. The Labute approximate surface area is 153 Å². The molecule has 2 unspecified atom stereocenters. The van der Waals surface area contributed by atoms with E-state index in [0.717, 1.165) is 5.56 Å². The molecule has 0 aliphatic carbocycles. The lowest BCUT2D eigenvalue weighted by Crippen LogP contribution is -2.43. The van der Waals surface area contributed by atoms with Crippen molar-refractivity contribution in [1.82, 2.24) is 30.9 Å². The van der Waals surface area contributed by atoms with E-state index in [2.05, 4.69) is 26.4 Å². The van der Waals surface area contributed by atoms with Crippen molar-refractivity contribution < 1.29 is 13.2 Å². The fourth-order valence-corrected chi connectivity index (χ4v) is 3.06. The second-order valence-corrected chi connectivity index (χ2v) is 6.30. The molecule has 1 saturated heterocycles. The van der Waals surface area contributed by atoms with Crippen molar-refractivity contribution in [3.63, 3.8) is 0 Å². The van der Waals surface area contributed by atoms with Crippen LogP contribution in [0.4, 0.5) is 13.2 Å². The van der Waals surface area contributed by atoms with Crippen molar-refractivity contribution in [3.8, 4) is 11.4 Å². The number of pyridine rings is 1. The Morgan fingerprint density at radius 1 is 1.00 bits per heavy atom. The van der Waals surface area contributed by atoms with E-state index in [1.54, 1.807) is 18.5 Å². The summed E-state index contributed by atoms with van der Waals surface area (Å²) < 4.78 is 41.4. The summed E-state index contributed by atoms with van der Waals surface area (Å²) in [5, 5.41) is 0. The number of halogens is 3. The van der Waals surface area contributed by atoms with E-state index in [1.165, 1.54) is 6.20 Å². The molecule has 0 radical (unpaired) electrons. The summed E-state index contributed by atoms with van der Waals surface area (Å²) in [6, 6.07) is 10.4. The number of rotatable bonds is 4. The van der Waals surface area contributed by atoms with Crippen LogP contribution in [0.3, 0.4) is 0 Å². The lowest BCUT2D eigenvalue weighted by Gasteiger charge is -2.21. The normalized spacial score (nSPS) is 20.1. The molecule has 0 amide bonds. The van der Waals surface area contributed by atoms with Gasteiger partial charge in [-0.15, -0.1) is 0 Å². The lowest BCUT2D eigenvalue weighted by molar-refractivity contribution is -0.156. The number of hydrogen-bond donors (Lipinski definition) is 3. The third-order valence-corrected chi connectivity index (χ3v) is 4.39. The molecule has 1 fully saturated rings. The Morgan fingerprint density at radius 3 is 2.59 bits per heavy atom. The highest BCUT2D eigenvalue weighted by Gasteiger charge is 2.48. The minimum Gasteiger partial charge on any atom is -0.332 e. The zero-order chi connectivity index (χ0) is 18.9. The molecule has 1 aliphatic rings. The second kappa shape index (κ2) is 7.10. The maximum Gasteiger partial charge on any atom is 0.407 e. The van der Waals surface area contributed by atoms with Crippen LogP contribution in [0.5, 0.6) is 0 Å². The molecule has 140 valence electrons. The molecule has 6 nitrogen and oxygen atoms in total. The quantitative estimate of drug-likeness (QED) is 0.655. The van der Waals surface area contributed by atoms with Crippen molar-refractivity contribution in [1.29, 1.82) is 0 Å². The summed E-state index contributed by atoms with van der Waals surface area (Å²) in [6.07, 6.45) is 0.626. The predicted octanol–water partition coefficient (Wildman–Crippen LogP) is 2.58. The van der Waals surface area contributed by atoms with Gasteiger partial charge in [0, 0.05) is 18.9 Å². The van der Waals surface area contributed by atoms with Crippen LogP contribution in [0.2, 0.25) is 0 Å². The van der Waals surface area contributed by atoms with Crippen LogP contribution >= 0.6 is 0 Å². The molecule has 0 spiro atoms. The van der Waals surface area contributed by atoms with E-state index < -0.39 is 18.3 Å². The number of imidazole rings is 1. The first-order valence-corrected chi connectivity index (χ1v) is 8.35. The first kappa shape index (κ1) is 17.7. The summed E-state index contributed by atoms with van der Waals surface area (Å²) in [5.41, 5.74) is 9.91. The van der Waals surface area contributed by atoms with Crippen molar-refractivity contribution >= 4 is 0 Å². The Hall–Kier alpha value is -2.75. The number of alkyl halides is 3. The monoisotopic (exact) mass is 374 g/mol. The highest BCUT2D eigenvalue weighted by atomic mass is 19.4. The van der Waals surface area contributed by atoms with Gasteiger partial charge in [0.2, 0.25) is 0 Å². The SMILES string of the molecule is FC(F)(F)C1NNNC1c1ccnc(-c2cn(Cc3ccccc3)cn2)c1. The van der Waals surface area contributed by atoms with E-state index in [-0.39, 0.29) is 0 Å². The van der Waals surface area contributed by atoms with E-state index in [1.807, 2.05) is 41.1 Å². The summed E-state index contributed by atoms with van der Waals surface area (Å²) in [5.74, 6) is 0. The molecule has 1 aromatic carbocycles. The highest BCUT2D eigenvalue weighted by molar-refractivity contribution is 5.54. The van der Waals surface area contributed by atoms with Crippen LogP contribution in [0.1, 0.15) is 17.2 Å². The molecule has 0 bridgehead atoms. The first-order chi connectivity index (χ1) is 13.0. The van der Waals surface area contributed by atoms with Crippen LogP contribution < -0.4 is 16.4 Å². The molecule has 2 aromatic heterocycles. The van der Waals surface area contributed by atoms with E-state index in [4.69, 9.17) is 0 Å². The number of hydrogen-bond acceptors (Lipinski definition) is 5. The van der Waals surface area contributed by atoms with Crippen molar-refractivity contribution in [2.24, 2.45) is 0 Å². The molecule has 3 N–H and O–H groups in total. The Kier molecular flexibility index (Phi) is 4.65. The fourth-order valence-electron chi connectivity index (χ4n) is 3.06. The van der Waals surface area contributed by atoms with Crippen LogP contribution in [-0.4, -0.2) is 26.8 Å². The van der Waals surface area contributed by atoms with Gasteiger partial charge in [0.1, 0.15) is 11.7 Å². The minimum atomic E-state index is -4.39. The smallest absolute Gasteiger partial charge is 0.332 e. The van der Waals surface area contributed by atoms with Gasteiger partial charge < -0.3 is 4.57 Å². The van der Waals surface area contributed by atoms with Gasteiger partial charge in [-0.25, -0.2) is 15.8 Å². The second-order valence-electron chi connectivity index (χ2n) is 6.30. The molecule has 4 rings (SSSR count). The van der Waals surface area contributed by atoms with Crippen LogP contribution in [-0.2, 0) is 6.54 Å².